The molecule has 1 N–H and O–H groups in total. The number of sulfone groups is 1. The fraction of sp³-hybridized carbons (Fsp3) is 0.200. The van der Waals surface area contributed by atoms with Crippen LogP contribution in [0.5, 0.6) is 5.75 Å². The van der Waals surface area contributed by atoms with E-state index >= 15 is 0 Å². The van der Waals surface area contributed by atoms with E-state index in [1.165, 1.54) is 19.1 Å². The zero-order valence-electron chi connectivity index (χ0n) is 12.7. The summed E-state index contributed by atoms with van der Waals surface area (Å²) < 4.78 is 53.5. The summed E-state index contributed by atoms with van der Waals surface area (Å²) in [5, 5.41) is 9.12. The van der Waals surface area contributed by atoms with Gasteiger partial charge in [0.2, 0.25) is 10.3 Å². The highest BCUT2D eigenvalue weighted by Crippen LogP contribution is 2.40. The van der Waals surface area contributed by atoms with Gasteiger partial charge in [-0.15, -0.1) is 0 Å². The number of ether oxygens (including phenoxy) is 1. The number of allylic oxidation sites excluding steroid dienone is 2. The molecule has 7 nitrogen and oxygen atoms in total. The van der Waals surface area contributed by atoms with Gasteiger partial charge in [-0.2, -0.15) is 8.42 Å². The van der Waals surface area contributed by atoms with Crippen LogP contribution in [0, 0.1) is 6.92 Å². The predicted octanol–water partition coefficient (Wildman–Crippen LogP) is 1.69. The molecule has 0 spiro atoms. The molecule has 10 heteroatoms. The Balaban J connectivity index is 2.25. The Morgan fingerprint density at radius 2 is 2.00 bits per heavy atom. The monoisotopic (exact) mass is 402 g/mol. The first kappa shape index (κ1) is 17.7. The Kier molecular flexibility index (Phi) is 4.26. The minimum absolute atomic E-state index is 0.00625. The van der Waals surface area contributed by atoms with Gasteiger partial charge in [0.15, 0.2) is 9.84 Å². The molecule has 25 heavy (non-hydrogen) atoms. The van der Waals surface area contributed by atoms with E-state index in [9.17, 15) is 21.6 Å². The number of aryl methyl sites for hydroxylation is 1. The largest absolute Gasteiger partial charge is 0.478 e. The number of hydrogen-bond donors (Lipinski definition) is 1. The molecule has 0 saturated heterocycles. The van der Waals surface area contributed by atoms with Crippen LogP contribution in [0.3, 0.4) is 0 Å². The van der Waals surface area contributed by atoms with Gasteiger partial charge in [-0.3, -0.25) is 0 Å². The maximum absolute atomic E-state index is 12.7. The number of hydrogen-bond acceptors (Lipinski definition) is 6. The van der Waals surface area contributed by atoms with Crippen molar-refractivity contribution in [2.45, 2.75) is 18.2 Å². The average Bonchev–Trinajstić information content (AvgIpc) is 2.61. The van der Waals surface area contributed by atoms with Gasteiger partial charge in [-0.25, -0.2) is 13.2 Å². The van der Waals surface area contributed by atoms with Gasteiger partial charge in [0.1, 0.15) is 16.4 Å². The molecule has 1 heterocycles. The quantitative estimate of drug-likeness (QED) is 0.710. The van der Waals surface area contributed by atoms with E-state index in [1.54, 1.807) is 0 Å². The van der Waals surface area contributed by atoms with Gasteiger partial charge in [0.25, 0.3) is 0 Å². The molecule has 1 aromatic carbocycles. The number of aromatic carboxylic acids is 1. The Morgan fingerprint density at radius 3 is 2.60 bits per heavy atom. The van der Waals surface area contributed by atoms with Crippen LogP contribution in [0.15, 0.2) is 39.5 Å². The van der Waals surface area contributed by atoms with Crippen molar-refractivity contribution >= 4 is 42.6 Å². The van der Waals surface area contributed by atoms with Crippen molar-refractivity contribution in [2.75, 3.05) is 5.75 Å². The second-order valence-electron chi connectivity index (χ2n) is 5.59. The normalized spacial score (nSPS) is 18.5. The van der Waals surface area contributed by atoms with Crippen molar-refractivity contribution in [2.24, 2.45) is 0 Å². The van der Waals surface area contributed by atoms with E-state index in [-0.39, 0.29) is 43.9 Å². The van der Waals surface area contributed by atoms with Gasteiger partial charge < -0.3 is 9.84 Å². The van der Waals surface area contributed by atoms with Crippen molar-refractivity contribution in [1.82, 2.24) is 0 Å². The Labute approximate surface area is 149 Å². The van der Waals surface area contributed by atoms with Crippen molar-refractivity contribution in [3.05, 3.63) is 45.7 Å². The lowest BCUT2D eigenvalue weighted by Gasteiger charge is -2.17. The molecule has 0 aromatic heterocycles. The van der Waals surface area contributed by atoms with Crippen LogP contribution in [0.1, 0.15) is 22.3 Å². The van der Waals surface area contributed by atoms with Crippen LogP contribution in [0.4, 0.5) is 0 Å². The summed E-state index contributed by atoms with van der Waals surface area (Å²) in [5.74, 6) is -1.70. The molecule has 132 valence electrons. The smallest absolute Gasteiger partial charge is 0.335 e. The summed E-state index contributed by atoms with van der Waals surface area (Å²) in [7, 11) is -6.49. The lowest BCUT2D eigenvalue weighted by Crippen LogP contribution is -2.15. The van der Waals surface area contributed by atoms with Crippen LogP contribution < -0.4 is 4.74 Å². The molecule has 1 aromatic rings. The van der Waals surface area contributed by atoms with Crippen LogP contribution in [-0.4, -0.2) is 38.5 Å². The number of carbonyl (C=O) groups is 1. The molecule has 0 radical (unpaired) electrons. The third-order valence-corrected chi connectivity index (χ3v) is 6.49. The second-order valence-corrected chi connectivity index (χ2v) is 8.95. The lowest BCUT2D eigenvalue weighted by atomic mass is 10.0. The molecule has 0 fully saturated rings. The molecular formula is C15H11ClO7S2. The summed E-state index contributed by atoms with van der Waals surface area (Å²) in [6.45, 7) is 1.52. The third-order valence-electron chi connectivity index (χ3n) is 3.82. The van der Waals surface area contributed by atoms with Gasteiger partial charge in [-0.05, 0) is 36.3 Å². The summed E-state index contributed by atoms with van der Waals surface area (Å²) in [6.07, 6.45) is 1.07. The fourth-order valence-corrected chi connectivity index (χ4v) is 5.21. The summed E-state index contributed by atoms with van der Waals surface area (Å²) in [6, 6.07) is 2.33. The molecule has 3 rings (SSSR count). The Hall–Kier alpha value is -2.10. The van der Waals surface area contributed by atoms with Crippen molar-refractivity contribution in [1.29, 1.82) is 0 Å². The van der Waals surface area contributed by atoms with E-state index in [1.807, 2.05) is 0 Å². The van der Waals surface area contributed by atoms with Crippen molar-refractivity contribution in [3.8, 4) is 5.75 Å². The minimum atomic E-state index is -3.95. The van der Waals surface area contributed by atoms with Crippen molar-refractivity contribution in [3.63, 3.8) is 0 Å². The fourth-order valence-electron chi connectivity index (χ4n) is 2.70. The SMILES string of the molecule is Cc1cc(C(=O)O)cc2c1OC1=C(CC(=S(=O)=O)C=C1Cl)CS2(=O)=O. The molecule has 2 aliphatic rings. The molecule has 0 atom stereocenters. The van der Waals surface area contributed by atoms with Gasteiger partial charge in [0.05, 0.1) is 21.2 Å². The Bertz CT molecular complexity index is 1110. The van der Waals surface area contributed by atoms with Gasteiger partial charge in [0, 0.05) is 6.42 Å². The van der Waals surface area contributed by atoms with E-state index < -0.39 is 31.9 Å². The van der Waals surface area contributed by atoms with Crippen molar-refractivity contribution < 1.29 is 31.5 Å². The zero-order chi connectivity index (χ0) is 18.5. The van der Waals surface area contributed by atoms with E-state index in [0.717, 1.165) is 6.07 Å². The maximum Gasteiger partial charge on any atom is 0.335 e. The van der Waals surface area contributed by atoms with E-state index in [0.29, 0.717) is 5.56 Å². The highest BCUT2D eigenvalue weighted by molar-refractivity contribution is 7.91. The molecule has 0 bridgehead atoms. The Morgan fingerprint density at radius 1 is 1.32 bits per heavy atom. The molecule has 0 amide bonds. The molecule has 0 unspecified atom stereocenters. The molecule has 0 saturated carbocycles. The number of benzene rings is 1. The van der Waals surface area contributed by atoms with Crippen LogP contribution >= 0.6 is 11.6 Å². The number of halogens is 1. The first-order valence-corrected chi connectivity index (χ1v) is 10.0. The number of fused-ring (bicyclic) bond motifs is 1. The highest BCUT2D eigenvalue weighted by Gasteiger charge is 2.34. The first-order chi connectivity index (χ1) is 11.6. The highest BCUT2D eigenvalue weighted by atomic mass is 35.5. The van der Waals surface area contributed by atoms with Crippen LogP contribution in [0.25, 0.3) is 0 Å². The number of carboxylic acids is 1. The predicted molar refractivity (Wildman–Crippen MR) is 90.3 cm³/mol. The van der Waals surface area contributed by atoms with Crippen LogP contribution in [-0.2, 0) is 20.1 Å². The second kappa shape index (κ2) is 6.01. The standard InChI is InChI=1S/C15H11ClO7S2/c1-7-2-8(15(17)18)4-12-13(7)23-14-9(6-25(12,21)22)3-10(24(19)20)5-11(14)16/h2,4-5H,3,6H2,1H3,(H,17,18). The summed E-state index contributed by atoms with van der Waals surface area (Å²) in [4.78, 5) is 10.9. The first-order valence-electron chi connectivity index (χ1n) is 6.93. The molecular weight excluding hydrogens is 392 g/mol. The topological polar surface area (TPSA) is 115 Å². The van der Waals surface area contributed by atoms with E-state index in [2.05, 4.69) is 0 Å². The lowest BCUT2D eigenvalue weighted by molar-refractivity contribution is 0.0696. The van der Waals surface area contributed by atoms with Gasteiger partial charge >= 0.3 is 5.97 Å². The van der Waals surface area contributed by atoms with E-state index in [4.69, 9.17) is 21.4 Å². The molecule has 1 aliphatic carbocycles. The van der Waals surface area contributed by atoms with Crippen LogP contribution in [0.2, 0.25) is 0 Å². The van der Waals surface area contributed by atoms with Gasteiger partial charge in [-0.1, -0.05) is 11.6 Å². The summed E-state index contributed by atoms with van der Waals surface area (Å²) in [5.41, 5.74) is 0.343. The zero-order valence-corrected chi connectivity index (χ0v) is 15.1. The minimum Gasteiger partial charge on any atom is -0.478 e. The maximum atomic E-state index is 12.7. The summed E-state index contributed by atoms with van der Waals surface area (Å²) >= 11 is 6.09. The number of rotatable bonds is 1. The third kappa shape index (κ3) is 3.10. The number of carboxylic acid groups (broad SMARTS) is 1. The average molecular weight is 403 g/mol. The molecule has 1 aliphatic heterocycles.